The van der Waals surface area contributed by atoms with Crippen molar-refractivity contribution >= 4 is 27.3 Å². The van der Waals surface area contributed by atoms with Gasteiger partial charge in [0.15, 0.2) is 0 Å². The zero-order valence-electron chi connectivity index (χ0n) is 20.1. The third-order valence-corrected chi connectivity index (χ3v) is 7.33. The molecule has 3 aromatic rings. The van der Waals surface area contributed by atoms with Gasteiger partial charge >= 0.3 is 0 Å². The van der Waals surface area contributed by atoms with Crippen molar-refractivity contribution in [3.8, 4) is 5.75 Å². The Labute approximate surface area is 206 Å². The Morgan fingerprint density at radius 2 is 1.74 bits per heavy atom. The number of amides is 1. The summed E-state index contributed by atoms with van der Waals surface area (Å²) in [6, 6.07) is 17.0. The van der Waals surface area contributed by atoms with E-state index < -0.39 is 10.0 Å². The van der Waals surface area contributed by atoms with E-state index in [0.29, 0.717) is 29.3 Å². The van der Waals surface area contributed by atoms with Crippen molar-refractivity contribution in [3.63, 3.8) is 0 Å². The average molecular weight is 495 g/mol. The van der Waals surface area contributed by atoms with E-state index in [1.165, 1.54) is 12.1 Å². The summed E-state index contributed by atoms with van der Waals surface area (Å²) >= 11 is 0. The number of ether oxygens (including phenoxy) is 2. The summed E-state index contributed by atoms with van der Waals surface area (Å²) in [6.07, 6.45) is 2.17. The lowest BCUT2D eigenvalue weighted by molar-refractivity contribution is 0.0679. The minimum absolute atomic E-state index is 0.0660. The van der Waals surface area contributed by atoms with Gasteiger partial charge < -0.3 is 14.8 Å². The smallest absolute Gasteiger partial charge is 0.261 e. The molecule has 1 atom stereocenters. The third-order valence-electron chi connectivity index (χ3n) is 5.97. The van der Waals surface area contributed by atoms with Crippen molar-refractivity contribution in [2.75, 3.05) is 23.3 Å². The van der Waals surface area contributed by atoms with E-state index in [2.05, 4.69) is 10.0 Å². The molecule has 0 radical (unpaired) electrons. The van der Waals surface area contributed by atoms with Crippen molar-refractivity contribution in [3.05, 3.63) is 82.9 Å². The average Bonchev–Trinajstić information content (AvgIpc) is 3.35. The number of hydrogen-bond acceptors (Lipinski definition) is 5. The van der Waals surface area contributed by atoms with Gasteiger partial charge in [0.2, 0.25) is 0 Å². The van der Waals surface area contributed by atoms with E-state index in [-0.39, 0.29) is 16.9 Å². The summed E-state index contributed by atoms with van der Waals surface area (Å²) < 4.78 is 40.0. The van der Waals surface area contributed by atoms with E-state index in [9.17, 15) is 13.2 Å². The molecular weight excluding hydrogens is 464 g/mol. The molecule has 184 valence electrons. The number of hydrogen-bond donors (Lipinski definition) is 2. The molecule has 3 aromatic carbocycles. The number of sulfonamides is 1. The van der Waals surface area contributed by atoms with E-state index in [1.807, 2.05) is 32.9 Å². The van der Waals surface area contributed by atoms with Crippen LogP contribution in [0.2, 0.25) is 0 Å². The van der Waals surface area contributed by atoms with Gasteiger partial charge in [-0.1, -0.05) is 23.8 Å². The minimum Gasteiger partial charge on any atom is -0.491 e. The van der Waals surface area contributed by atoms with Crippen LogP contribution in [-0.4, -0.2) is 33.6 Å². The molecule has 2 N–H and O–H groups in total. The normalized spacial score (nSPS) is 15.6. The van der Waals surface area contributed by atoms with Crippen LogP contribution >= 0.6 is 0 Å². The molecule has 0 bridgehead atoms. The lowest BCUT2D eigenvalue weighted by Gasteiger charge is -2.14. The molecule has 1 aliphatic rings. The van der Waals surface area contributed by atoms with Gasteiger partial charge in [0.05, 0.1) is 16.7 Å². The van der Waals surface area contributed by atoms with Crippen LogP contribution in [0.25, 0.3) is 0 Å². The fraction of sp³-hybridized carbons (Fsp3) is 0.296. The molecule has 35 heavy (non-hydrogen) atoms. The zero-order valence-corrected chi connectivity index (χ0v) is 20.9. The van der Waals surface area contributed by atoms with Gasteiger partial charge in [-0.15, -0.1) is 0 Å². The van der Waals surface area contributed by atoms with Crippen molar-refractivity contribution in [2.45, 2.75) is 44.6 Å². The maximum atomic E-state index is 13.0. The first kappa shape index (κ1) is 24.8. The highest BCUT2D eigenvalue weighted by Gasteiger charge is 2.19. The zero-order chi connectivity index (χ0) is 25.0. The van der Waals surface area contributed by atoms with E-state index in [1.54, 1.807) is 36.4 Å². The number of carbonyl (C=O) groups excluding carboxylic acids is 1. The van der Waals surface area contributed by atoms with Crippen molar-refractivity contribution in [2.24, 2.45) is 0 Å². The Balaban J connectivity index is 1.45. The first-order chi connectivity index (χ1) is 16.7. The Bertz CT molecular complexity index is 1310. The number of rotatable bonds is 8. The van der Waals surface area contributed by atoms with Crippen molar-refractivity contribution < 1.29 is 22.7 Å². The molecule has 8 heteroatoms. The topological polar surface area (TPSA) is 93.7 Å². The fourth-order valence-electron chi connectivity index (χ4n) is 3.90. The molecule has 0 unspecified atom stereocenters. The summed E-state index contributed by atoms with van der Waals surface area (Å²) in [7, 11) is -3.84. The second-order valence-electron chi connectivity index (χ2n) is 8.83. The summed E-state index contributed by atoms with van der Waals surface area (Å²) in [5, 5.41) is 2.83. The SMILES string of the molecule is Cc1ccc(NS(=O)(=O)c2ccc(C)c(NC(=O)c3ccc(OC[C@H]4CCCO4)cc3)c2)c(C)c1. The van der Waals surface area contributed by atoms with Gasteiger partial charge in [0.1, 0.15) is 12.4 Å². The molecule has 7 nitrogen and oxygen atoms in total. The quantitative estimate of drug-likeness (QED) is 0.448. The van der Waals surface area contributed by atoms with Gasteiger partial charge in [-0.2, -0.15) is 0 Å². The summed E-state index contributed by atoms with van der Waals surface area (Å²) in [5.41, 5.74) is 4.02. The van der Waals surface area contributed by atoms with Crippen LogP contribution in [0, 0.1) is 20.8 Å². The summed E-state index contributed by atoms with van der Waals surface area (Å²) in [6.45, 7) is 6.88. The summed E-state index contributed by atoms with van der Waals surface area (Å²) in [5.74, 6) is 0.328. The van der Waals surface area contributed by atoms with Crippen LogP contribution in [-0.2, 0) is 14.8 Å². The standard InChI is InChI=1S/C27H30N2O5S/c1-18-6-13-25(20(3)15-18)29-35(31,32)24-12-7-19(2)26(16-24)28-27(30)21-8-10-22(11-9-21)34-17-23-5-4-14-33-23/h6-13,15-16,23,29H,4-5,14,17H2,1-3H3,(H,28,30)/t23-/m1/s1. The van der Waals surface area contributed by atoms with Crippen LogP contribution in [0.15, 0.2) is 65.6 Å². The molecule has 0 spiro atoms. The van der Waals surface area contributed by atoms with E-state index in [4.69, 9.17) is 9.47 Å². The summed E-state index contributed by atoms with van der Waals surface area (Å²) in [4.78, 5) is 12.9. The van der Waals surface area contributed by atoms with Gasteiger partial charge in [-0.25, -0.2) is 8.42 Å². The first-order valence-corrected chi connectivity index (χ1v) is 13.1. The second-order valence-corrected chi connectivity index (χ2v) is 10.5. The van der Waals surface area contributed by atoms with Crippen LogP contribution in [0.1, 0.15) is 39.9 Å². The van der Waals surface area contributed by atoms with Gasteiger partial charge in [0, 0.05) is 17.9 Å². The lowest BCUT2D eigenvalue weighted by atomic mass is 10.1. The maximum Gasteiger partial charge on any atom is 0.261 e. The molecule has 1 aliphatic heterocycles. The Morgan fingerprint density at radius 3 is 2.43 bits per heavy atom. The maximum absolute atomic E-state index is 13.0. The second kappa shape index (κ2) is 10.5. The monoisotopic (exact) mass is 494 g/mol. The highest BCUT2D eigenvalue weighted by molar-refractivity contribution is 7.92. The van der Waals surface area contributed by atoms with Crippen LogP contribution < -0.4 is 14.8 Å². The van der Waals surface area contributed by atoms with Crippen LogP contribution in [0.3, 0.4) is 0 Å². The van der Waals surface area contributed by atoms with Gasteiger partial charge in [-0.05, 0) is 87.2 Å². The fourth-order valence-corrected chi connectivity index (χ4v) is 5.05. The van der Waals surface area contributed by atoms with Crippen LogP contribution in [0.5, 0.6) is 5.75 Å². The minimum atomic E-state index is -3.84. The molecule has 0 aliphatic carbocycles. The number of anilines is 2. The highest BCUT2D eigenvalue weighted by atomic mass is 32.2. The molecule has 4 rings (SSSR count). The van der Waals surface area contributed by atoms with E-state index in [0.717, 1.165) is 36.1 Å². The number of carbonyl (C=O) groups is 1. The van der Waals surface area contributed by atoms with Gasteiger partial charge in [-0.3, -0.25) is 9.52 Å². The number of benzene rings is 3. The largest absolute Gasteiger partial charge is 0.491 e. The third kappa shape index (κ3) is 6.21. The molecule has 0 saturated carbocycles. The van der Waals surface area contributed by atoms with Crippen LogP contribution in [0.4, 0.5) is 11.4 Å². The Kier molecular flexibility index (Phi) is 7.42. The first-order valence-electron chi connectivity index (χ1n) is 11.6. The van der Waals surface area contributed by atoms with E-state index >= 15 is 0 Å². The number of aryl methyl sites for hydroxylation is 3. The van der Waals surface area contributed by atoms with Gasteiger partial charge in [0.25, 0.3) is 15.9 Å². The van der Waals surface area contributed by atoms with Crippen molar-refractivity contribution in [1.29, 1.82) is 0 Å². The number of nitrogens with one attached hydrogen (secondary N) is 2. The lowest BCUT2D eigenvalue weighted by Crippen LogP contribution is -2.17. The molecule has 0 aromatic heterocycles. The molecule has 1 fully saturated rings. The molecule has 1 saturated heterocycles. The molecule has 1 heterocycles. The van der Waals surface area contributed by atoms with Crippen molar-refractivity contribution in [1.82, 2.24) is 0 Å². The molecule has 1 amide bonds. The highest BCUT2D eigenvalue weighted by Crippen LogP contribution is 2.25. The predicted octanol–water partition coefficient (Wildman–Crippen LogP) is 5.22. The predicted molar refractivity (Wildman–Crippen MR) is 137 cm³/mol. The molecular formula is C27H30N2O5S. The Hall–Kier alpha value is -3.36. The Morgan fingerprint density at radius 1 is 0.971 bits per heavy atom.